The Labute approximate surface area is 292 Å². The van der Waals surface area contributed by atoms with Crippen molar-refractivity contribution in [2.75, 3.05) is 0 Å². The number of ether oxygens (including phenoxy) is 2. The molecule has 0 aromatic heterocycles. The predicted molar refractivity (Wildman–Crippen MR) is 196 cm³/mol. The van der Waals surface area contributed by atoms with Crippen LogP contribution in [0.2, 0.25) is 0 Å². The fourth-order valence-electron chi connectivity index (χ4n) is 10.1. The van der Waals surface area contributed by atoms with Crippen LogP contribution >= 0.6 is 0 Å². The van der Waals surface area contributed by atoms with Gasteiger partial charge in [-0.2, -0.15) is 0 Å². The zero-order valence-electron chi connectivity index (χ0n) is 30.5. The molecule has 268 valence electrons. The quantitative estimate of drug-likeness (QED) is 0.0878. The molecule has 4 aliphatic carbocycles. The second-order valence-corrected chi connectivity index (χ2v) is 16.5. The molecule has 5 heteroatoms. The maximum atomic E-state index is 13.2. The molecule has 0 saturated heterocycles. The lowest BCUT2D eigenvalue weighted by Crippen LogP contribution is -2.30. The lowest BCUT2D eigenvalue weighted by atomic mass is 9.68. The number of hydrogen-bond acceptors (Lipinski definition) is 5. The minimum Gasteiger partial charge on any atom is -0.426 e. The second kappa shape index (κ2) is 19.3. The molecule has 1 aromatic carbocycles. The Hall–Kier alpha value is -2.17. The lowest BCUT2D eigenvalue weighted by Gasteiger charge is -2.37. The summed E-state index contributed by atoms with van der Waals surface area (Å²) in [5, 5.41) is 7.97. The Morgan fingerprint density at radius 1 is 0.604 bits per heavy atom. The first-order valence-corrected chi connectivity index (χ1v) is 20.5. The third-order valence-electron chi connectivity index (χ3n) is 13.3. The average molecular weight is 662 g/mol. The molecule has 5 nitrogen and oxygen atoms in total. The topological polar surface area (TPSA) is 76.5 Å². The fourth-order valence-corrected chi connectivity index (χ4v) is 10.1. The number of rotatable bonds is 15. The van der Waals surface area contributed by atoms with Crippen LogP contribution < -0.4 is 9.47 Å². The van der Waals surface area contributed by atoms with Crippen LogP contribution in [0.1, 0.15) is 174 Å². The molecular formula is C43H67NO4. The lowest BCUT2D eigenvalue weighted by molar-refractivity contribution is -0.141. The van der Waals surface area contributed by atoms with Crippen LogP contribution in [-0.2, 0) is 9.59 Å². The monoisotopic (exact) mass is 662 g/mol. The number of carbonyl (C=O) groups is 2. The normalized spacial score (nSPS) is 31.1. The zero-order valence-corrected chi connectivity index (χ0v) is 30.5. The largest absolute Gasteiger partial charge is 0.426 e. The van der Waals surface area contributed by atoms with Crippen LogP contribution in [0.25, 0.3) is 0 Å². The maximum absolute atomic E-state index is 13.2. The van der Waals surface area contributed by atoms with Gasteiger partial charge in [0.25, 0.3) is 0 Å². The summed E-state index contributed by atoms with van der Waals surface area (Å²) in [5.74, 6) is 5.45. The van der Waals surface area contributed by atoms with Crippen molar-refractivity contribution in [2.24, 2.45) is 47.3 Å². The van der Waals surface area contributed by atoms with Gasteiger partial charge in [0.15, 0.2) is 0 Å². The molecule has 5 rings (SSSR count). The Morgan fingerprint density at radius 3 is 1.44 bits per heavy atom. The van der Waals surface area contributed by atoms with Gasteiger partial charge in [0.2, 0.25) is 0 Å². The summed E-state index contributed by atoms with van der Waals surface area (Å²) in [7, 11) is 0. The van der Waals surface area contributed by atoms with Crippen molar-refractivity contribution < 1.29 is 19.1 Å². The van der Waals surface area contributed by atoms with E-state index in [9.17, 15) is 9.59 Å². The predicted octanol–water partition coefficient (Wildman–Crippen LogP) is 11.9. The summed E-state index contributed by atoms with van der Waals surface area (Å²) in [6.07, 6.45) is 31.4. The van der Waals surface area contributed by atoms with Crippen LogP contribution in [0.4, 0.5) is 0 Å². The van der Waals surface area contributed by atoms with Crippen molar-refractivity contribution in [1.82, 2.24) is 0 Å². The van der Waals surface area contributed by atoms with Crippen molar-refractivity contribution in [3.63, 3.8) is 0 Å². The number of unbranched alkanes of at least 4 members (excludes halogenated alkanes) is 4. The number of nitrogens with one attached hydrogen (secondary N) is 1. The minimum atomic E-state index is -0.178. The van der Waals surface area contributed by atoms with E-state index in [0.717, 1.165) is 86.9 Å². The van der Waals surface area contributed by atoms with Crippen molar-refractivity contribution in [2.45, 2.75) is 168 Å². The first-order valence-electron chi connectivity index (χ1n) is 20.5. The highest BCUT2D eigenvalue weighted by Crippen LogP contribution is 2.44. The Morgan fingerprint density at radius 2 is 1.02 bits per heavy atom. The van der Waals surface area contributed by atoms with E-state index in [-0.39, 0.29) is 23.8 Å². The van der Waals surface area contributed by atoms with E-state index in [1.165, 1.54) is 109 Å². The highest BCUT2D eigenvalue weighted by atomic mass is 16.5. The zero-order chi connectivity index (χ0) is 33.7. The molecule has 0 unspecified atom stereocenters. The van der Waals surface area contributed by atoms with Gasteiger partial charge in [-0.1, -0.05) is 90.9 Å². The van der Waals surface area contributed by atoms with E-state index in [1.54, 1.807) is 18.2 Å². The van der Waals surface area contributed by atoms with Gasteiger partial charge >= 0.3 is 11.9 Å². The molecule has 0 spiro atoms. The van der Waals surface area contributed by atoms with Crippen molar-refractivity contribution in [3.05, 3.63) is 23.8 Å². The van der Waals surface area contributed by atoms with Crippen LogP contribution in [0.5, 0.6) is 11.5 Å². The van der Waals surface area contributed by atoms with E-state index >= 15 is 0 Å². The third kappa shape index (κ3) is 10.7. The van der Waals surface area contributed by atoms with Gasteiger partial charge in [-0.15, -0.1) is 0 Å². The molecule has 48 heavy (non-hydrogen) atoms. The standard InChI is InChI=1S/C43H67NO4/c1-3-5-7-9-31-11-15-33(16-12-31)35-19-23-37(24-20-35)42(45)47-40-27-28-41(39(29-40)30-44)48-43(46)38-25-21-36(22-26-38)34-17-13-32(14-18-34)10-8-6-4-2/h27-38,44H,3-26H2,1-2H3. The molecule has 4 fully saturated rings. The molecule has 0 bridgehead atoms. The molecule has 0 amide bonds. The molecule has 4 aliphatic rings. The van der Waals surface area contributed by atoms with Crippen molar-refractivity contribution >= 4 is 18.2 Å². The molecule has 0 heterocycles. The molecule has 0 aliphatic heterocycles. The van der Waals surface area contributed by atoms with E-state index in [1.807, 2.05) is 0 Å². The van der Waals surface area contributed by atoms with Gasteiger partial charge in [0.05, 0.1) is 11.8 Å². The Balaban J connectivity index is 1.01. The first-order chi connectivity index (χ1) is 23.5. The van der Waals surface area contributed by atoms with Gasteiger partial charge in [-0.25, -0.2) is 0 Å². The van der Waals surface area contributed by atoms with Crippen LogP contribution in [0.15, 0.2) is 18.2 Å². The van der Waals surface area contributed by atoms with E-state index < -0.39 is 0 Å². The third-order valence-corrected chi connectivity index (χ3v) is 13.3. The SMILES string of the molecule is CCCCCC1CCC(C2CCC(C(=O)Oc3ccc(OC(=O)C4CCC(C5CCC(CCCCC)CC5)CC4)c(C=N)c3)CC2)CC1. The minimum absolute atomic E-state index is 0.0523. The van der Waals surface area contributed by atoms with Crippen LogP contribution in [0, 0.1) is 52.8 Å². The highest BCUT2D eigenvalue weighted by Gasteiger charge is 2.35. The van der Waals surface area contributed by atoms with E-state index in [2.05, 4.69) is 13.8 Å². The highest BCUT2D eigenvalue weighted by molar-refractivity contribution is 5.85. The summed E-state index contributed by atoms with van der Waals surface area (Å²) in [6, 6.07) is 5.09. The summed E-state index contributed by atoms with van der Waals surface area (Å²) in [4.78, 5) is 26.3. The summed E-state index contributed by atoms with van der Waals surface area (Å²) in [6.45, 7) is 4.58. The van der Waals surface area contributed by atoms with Gasteiger partial charge in [0.1, 0.15) is 11.5 Å². The van der Waals surface area contributed by atoms with Crippen LogP contribution in [0.3, 0.4) is 0 Å². The van der Waals surface area contributed by atoms with E-state index in [4.69, 9.17) is 14.9 Å². The van der Waals surface area contributed by atoms with Gasteiger partial charge in [-0.3, -0.25) is 9.59 Å². The smallest absolute Gasteiger partial charge is 0.314 e. The summed E-state index contributed by atoms with van der Waals surface area (Å²) in [5.41, 5.74) is 0.479. The van der Waals surface area contributed by atoms with Crippen LogP contribution in [-0.4, -0.2) is 18.2 Å². The Kier molecular flexibility index (Phi) is 14.9. The molecule has 1 aromatic rings. The fraction of sp³-hybridized carbons (Fsp3) is 0.791. The van der Waals surface area contributed by atoms with Gasteiger partial charge < -0.3 is 14.9 Å². The molecule has 0 atom stereocenters. The molecule has 1 N–H and O–H groups in total. The van der Waals surface area contributed by atoms with Gasteiger partial charge in [-0.05, 0) is 131 Å². The summed E-state index contributed by atoms with van der Waals surface area (Å²) >= 11 is 0. The number of carbonyl (C=O) groups excluding carboxylic acids is 2. The average Bonchev–Trinajstić information content (AvgIpc) is 3.13. The molecule has 0 radical (unpaired) electrons. The second-order valence-electron chi connectivity index (χ2n) is 16.5. The molecule has 4 saturated carbocycles. The Bertz CT molecular complexity index is 1130. The van der Waals surface area contributed by atoms with E-state index in [0.29, 0.717) is 17.1 Å². The summed E-state index contributed by atoms with van der Waals surface area (Å²) < 4.78 is 11.7. The van der Waals surface area contributed by atoms with Crippen molar-refractivity contribution in [3.8, 4) is 11.5 Å². The number of hydrogen-bond donors (Lipinski definition) is 1. The van der Waals surface area contributed by atoms with Gasteiger partial charge in [0, 0.05) is 11.8 Å². The number of benzene rings is 1. The first kappa shape index (κ1) is 37.1. The van der Waals surface area contributed by atoms with Crippen molar-refractivity contribution in [1.29, 1.82) is 5.41 Å². The molecular weight excluding hydrogens is 594 g/mol. The number of esters is 2. The maximum Gasteiger partial charge on any atom is 0.314 e.